The molecule has 11 heteroatoms. The number of sulfone groups is 1. The van der Waals surface area contributed by atoms with Gasteiger partial charge in [0.2, 0.25) is 0 Å². The van der Waals surface area contributed by atoms with Gasteiger partial charge in [0.15, 0.2) is 38.0 Å². The van der Waals surface area contributed by atoms with E-state index in [1.807, 2.05) is 0 Å². The van der Waals surface area contributed by atoms with E-state index in [-0.39, 0.29) is 37.0 Å². The fourth-order valence-corrected chi connectivity index (χ4v) is 8.71. The molecule has 0 heterocycles. The van der Waals surface area contributed by atoms with Crippen molar-refractivity contribution in [2.45, 2.75) is 53.1 Å². The summed E-state index contributed by atoms with van der Waals surface area (Å²) in [6, 6.07) is 0. The number of halogens is 4. The number of benzene rings is 1. The van der Waals surface area contributed by atoms with Gasteiger partial charge in [-0.2, -0.15) is 8.42 Å². The summed E-state index contributed by atoms with van der Waals surface area (Å²) in [5.74, 6) is -9.31. The van der Waals surface area contributed by atoms with E-state index in [0.717, 1.165) is 19.3 Å². The first-order valence-corrected chi connectivity index (χ1v) is 11.4. The van der Waals surface area contributed by atoms with Crippen molar-refractivity contribution in [2.75, 3.05) is 0 Å². The van der Waals surface area contributed by atoms with Crippen LogP contribution < -0.4 is 0 Å². The summed E-state index contributed by atoms with van der Waals surface area (Å²) in [5, 5.41) is 0. The summed E-state index contributed by atoms with van der Waals surface area (Å²) in [5.41, 5.74) is 0. The molecular weight excluding hydrogens is 412 g/mol. The second-order valence-electron chi connectivity index (χ2n) is 7.99. The van der Waals surface area contributed by atoms with Crippen LogP contribution in [0.1, 0.15) is 38.5 Å². The van der Waals surface area contributed by atoms with Crippen LogP contribution in [0.15, 0.2) is 9.79 Å². The van der Waals surface area contributed by atoms with E-state index in [0.29, 0.717) is 0 Å². The molecule has 4 fully saturated rings. The van der Waals surface area contributed by atoms with Gasteiger partial charge in [0.05, 0.1) is 4.75 Å². The molecule has 0 radical (unpaired) electrons. The summed E-state index contributed by atoms with van der Waals surface area (Å²) in [6.07, 6.45) is 2.94. The van der Waals surface area contributed by atoms with Crippen molar-refractivity contribution < 1.29 is 39.0 Å². The van der Waals surface area contributed by atoms with Crippen molar-refractivity contribution in [1.82, 2.24) is 0 Å². The molecule has 0 spiro atoms. The lowest BCUT2D eigenvalue weighted by molar-refractivity contribution is 0.0336. The van der Waals surface area contributed by atoms with Gasteiger partial charge in [-0.1, -0.05) is 0 Å². The van der Waals surface area contributed by atoms with Crippen LogP contribution in [0.2, 0.25) is 0 Å². The van der Waals surface area contributed by atoms with Crippen LogP contribution in [0, 0.1) is 41.0 Å². The smallest absolute Gasteiger partial charge is 0.282 e. The van der Waals surface area contributed by atoms with E-state index in [1.54, 1.807) is 0 Å². The van der Waals surface area contributed by atoms with Gasteiger partial charge in [0.1, 0.15) is 4.90 Å². The van der Waals surface area contributed by atoms with Crippen molar-refractivity contribution in [1.29, 1.82) is 0 Å². The van der Waals surface area contributed by atoms with Crippen molar-refractivity contribution in [3.05, 3.63) is 23.3 Å². The minimum Gasteiger partial charge on any atom is -0.282 e. The minimum atomic E-state index is -5.64. The highest BCUT2D eigenvalue weighted by Crippen LogP contribution is 2.60. The maximum atomic E-state index is 14.5. The van der Waals surface area contributed by atoms with Gasteiger partial charge in [-0.25, -0.2) is 26.0 Å². The van der Waals surface area contributed by atoms with E-state index in [1.165, 1.54) is 0 Å². The average Bonchev–Trinajstić information content (AvgIpc) is 2.50. The summed E-state index contributed by atoms with van der Waals surface area (Å²) < 4.78 is 113. The maximum Gasteiger partial charge on any atom is 0.300 e. The predicted molar refractivity (Wildman–Crippen MR) is 84.2 cm³/mol. The molecule has 1 aromatic carbocycles. The van der Waals surface area contributed by atoms with Gasteiger partial charge in [-0.3, -0.25) is 4.55 Å². The zero-order chi connectivity index (χ0) is 19.9. The van der Waals surface area contributed by atoms with Crippen molar-refractivity contribution in [3.63, 3.8) is 0 Å². The third-order valence-electron chi connectivity index (χ3n) is 6.26. The first-order valence-electron chi connectivity index (χ1n) is 8.45. The number of rotatable bonds is 3. The molecule has 5 rings (SSSR count). The fourth-order valence-electron chi connectivity index (χ4n) is 5.63. The number of hydrogen-bond donors (Lipinski definition) is 1. The average molecular weight is 428 g/mol. The van der Waals surface area contributed by atoms with E-state index < -0.39 is 57.8 Å². The lowest BCUT2D eigenvalue weighted by atomic mass is 9.56. The molecule has 0 atom stereocenters. The quantitative estimate of drug-likeness (QED) is 0.454. The van der Waals surface area contributed by atoms with Gasteiger partial charge >= 0.3 is 10.1 Å². The molecule has 150 valence electrons. The summed E-state index contributed by atoms with van der Waals surface area (Å²) in [7, 11) is -10.5. The van der Waals surface area contributed by atoms with E-state index >= 15 is 0 Å². The molecule has 5 nitrogen and oxygen atoms in total. The highest BCUT2D eigenvalue weighted by molar-refractivity contribution is 7.93. The van der Waals surface area contributed by atoms with Crippen LogP contribution in [-0.2, 0) is 20.0 Å². The molecule has 0 saturated heterocycles. The Morgan fingerprint density at radius 1 is 0.704 bits per heavy atom. The highest BCUT2D eigenvalue weighted by atomic mass is 32.2. The van der Waals surface area contributed by atoms with Gasteiger partial charge in [-0.05, 0) is 56.3 Å². The largest absolute Gasteiger partial charge is 0.300 e. The monoisotopic (exact) mass is 428 g/mol. The molecule has 4 saturated carbocycles. The van der Waals surface area contributed by atoms with Crippen molar-refractivity contribution in [3.8, 4) is 0 Å². The topological polar surface area (TPSA) is 88.5 Å². The zero-order valence-electron chi connectivity index (χ0n) is 13.9. The van der Waals surface area contributed by atoms with E-state index in [4.69, 9.17) is 4.55 Å². The summed E-state index contributed by atoms with van der Waals surface area (Å²) >= 11 is 0. The molecule has 4 bridgehead atoms. The Labute approximate surface area is 153 Å². The normalized spacial score (nSPS) is 32.9. The van der Waals surface area contributed by atoms with Crippen LogP contribution in [-0.4, -0.2) is 26.1 Å². The predicted octanol–water partition coefficient (Wildman–Crippen LogP) is 3.23. The van der Waals surface area contributed by atoms with Crippen molar-refractivity contribution >= 4 is 20.0 Å². The minimum absolute atomic E-state index is 0.0731. The Morgan fingerprint density at radius 3 is 1.37 bits per heavy atom. The Morgan fingerprint density at radius 2 is 1.04 bits per heavy atom. The van der Waals surface area contributed by atoms with Gasteiger partial charge < -0.3 is 0 Å². The first kappa shape index (κ1) is 19.1. The van der Waals surface area contributed by atoms with Gasteiger partial charge in [0.25, 0.3) is 0 Å². The third kappa shape index (κ3) is 2.57. The second kappa shape index (κ2) is 5.66. The summed E-state index contributed by atoms with van der Waals surface area (Å²) in [6.45, 7) is 0. The van der Waals surface area contributed by atoms with E-state index in [9.17, 15) is 34.4 Å². The third-order valence-corrected chi connectivity index (χ3v) is 9.67. The molecule has 4 aliphatic rings. The Hall–Kier alpha value is -1.20. The Kier molecular flexibility index (Phi) is 4.01. The van der Waals surface area contributed by atoms with E-state index in [2.05, 4.69) is 0 Å². The SMILES string of the molecule is O=S(=O)(O)c1c(F)c(F)c(S(=O)(=O)C23CC4CC(CC(C4)C2)C3)c(F)c1F. The van der Waals surface area contributed by atoms with Crippen LogP contribution in [0.5, 0.6) is 0 Å². The van der Waals surface area contributed by atoms with Crippen molar-refractivity contribution in [2.24, 2.45) is 17.8 Å². The number of hydrogen-bond acceptors (Lipinski definition) is 4. The Balaban J connectivity index is 1.94. The zero-order valence-corrected chi connectivity index (χ0v) is 15.5. The Bertz CT molecular complexity index is 985. The molecule has 4 aliphatic carbocycles. The standard InChI is InChI=1S/C16H16F4O5S2/c17-10-12(19)15(27(23,24)25)13(20)11(18)14(10)26(21,22)16-4-7-1-8(5-16)3-9(2-7)6-16/h7-9H,1-6H2,(H,23,24,25). The molecule has 0 amide bonds. The molecule has 0 aliphatic heterocycles. The van der Waals surface area contributed by atoms with Gasteiger partial charge in [0, 0.05) is 0 Å². The molecule has 0 unspecified atom stereocenters. The summed E-state index contributed by atoms with van der Waals surface area (Å²) in [4.78, 5) is -4.02. The molecule has 1 N–H and O–H groups in total. The molecule has 27 heavy (non-hydrogen) atoms. The first-order chi connectivity index (χ1) is 12.4. The van der Waals surface area contributed by atoms with Crippen LogP contribution in [0.25, 0.3) is 0 Å². The maximum absolute atomic E-state index is 14.5. The fraction of sp³-hybridized carbons (Fsp3) is 0.625. The van der Waals surface area contributed by atoms with Crippen LogP contribution in [0.4, 0.5) is 17.6 Å². The lowest BCUT2D eigenvalue weighted by Gasteiger charge is -2.55. The highest BCUT2D eigenvalue weighted by Gasteiger charge is 2.59. The van der Waals surface area contributed by atoms with Crippen LogP contribution >= 0.6 is 0 Å². The lowest BCUT2D eigenvalue weighted by Crippen LogP contribution is -2.55. The van der Waals surface area contributed by atoms with Crippen LogP contribution in [0.3, 0.4) is 0 Å². The molecule has 1 aromatic rings. The molecular formula is C16H16F4O5S2. The second-order valence-corrected chi connectivity index (χ2v) is 11.6. The molecule has 0 aromatic heterocycles. The van der Waals surface area contributed by atoms with Gasteiger partial charge in [-0.15, -0.1) is 0 Å².